The molecule has 0 saturated carbocycles. The molecule has 1 N–H and O–H groups in total. The lowest BCUT2D eigenvalue weighted by atomic mass is 9.95. The fraction of sp³-hybridized carbons (Fsp3) is 0.310. The number of benzene rings is 2. The minimum atomic E-state index is -0.400. The first kappa shape index (κ1) is 25.5. The third-order valence-electron chi connectivity index (χ3n) is 6.55. The number of hydrogen-bond acceptors (Lipinski definition) is 5. The van der Waals surface area contributed by atoms with Gasteiger partial charge in [-0.05, 0) is 68.9 Å². The van der Waals surface area contributed by atoms with Gasteiger partial charge in [0.25, 0.3) is 0 Å². The lowest BCUT2D eigenvalue weighted by Crippen LogP contribution is -2.23. The lowest BCUT2D eigenvalue weighted by Gasteiger charge is -2.13. The molecule has 8 heteroatoms. The average molecular weight is 537 g/mol. The van der Waals surface area contributed by atoms with E-state index in [1.165, 1.54) is 34.0 Å². The van der Waals surface area contributed by atoms with Gasteiger partial charge in [0.1, 0.15) is 10.8 Å². The van der Waals surface area contributed by atoms with Crippen molar-refractivity contribution >= 4 is 50.9 Å². The topological polar surface area (TPSA) is 60.3 Å². The van der Waals surface area contributed by atoms with Crippen LogP contribution in [-0.4, -0.2) is 28.3 Å². The second-order valence-corrected chi connectivity index (χ2v) is 11.6. The van der Waals surface area contributed by atoms with E-state index in [-0.39, 0.29) is 17.7 Å². The molecule has 2 aromatic heterocycles. The van der Waals surface area contributed by atoms with E-state index >= 15 is 0 Å². The summed E-state index contributed by atoms with van der Waals surface area (Å²) in [5, 5.41) is 4.27. The van der Waals surface area contributed by atoms with Crippen molar-refractivity contribution in [2.24, 2.45) is 0 Å². The number of carbonyl (C=O) groups is 2. The van der Waals surface area contributed by atoms with Crippen molar-refractivity contribution < 1.29 is 18.7 Å². The number of ether oxygens (including phenoxy) is 1. The van der Waals surface area contributed by atoms with Gasteiger partial charge in [-0.3, -0.25) is 4.79 Å². The molecular formula is C29H29FN2O3S2. The van der Waals surface area contributed by atoms with Gasteiger partial charge >= 0.3 is 5.97 Å². The summed E-state index contributed by atoms with van der Waals surface area (Å²) in [6.45, 7) is 4.49. The summed E-state index contributed by atoms with van der Waals surface area (Å²) in [6.07, 6.45) is 5.92. The summed E-state index contributed by atoms with van der Waals surface area (Å²) in [5.41, 5.74) is 3.46. The number of aryl methyl sites for hydroxylation is 1. The predicted molar refractivity (Wildman–Crippen MR) is 148 cm³/mol. The SMILES string of the molecule is CCOC(=O)c1c(NC(=O)C(C)Sc2cn(Cc3cccc(F)c3)c3ccccc23)sc2c1CCCC2. The van der Waals surface area contributed by atoms with E-state index < -0.39 is 5.25 Å². The number of rotatable bonds is 8. The number of thioether (sulfide) groups is 1. The van der Waals surface area contributed by atoms with E-state index in [2.05, 4.69) is 9.88 Å². The Kier molecular flexibility index (Phi) is 7.67. The number of halogens is 1. The van der Waals surface area contributed by atoms with Crippen LogP contribution in [0.25, 0.3) is 10.9 Å². The Hall–Kier alpha value is -3.10. The standard InChI is InChI=1S/C29H29FN2O3S2/c1-3-35-29(34)26-22-12-5-7-14-24(22)37-28(26)31-27(33)18(2)36-25-17-32(23-13-6-4-11-21(23)25)16-19-9-8-10-20(30)15-19/h4,6,8-11,13,15,17-18H,3,5,7,12,14,16H2,1-2H3,(H,31,33). The first-order valence-electron chi connectivity index (χ1n) is 12.6. The van der Waals surface area contributed by atoms with Crippen molar-refractivity contribution in [1.29, 1.82) is 0 Å². The van der Waals surface area contributed by atoms with E-state index in [0.29, 0.717) is 23.7 Å². The summed E-state index contributed by atoms with van der Waals surface area (Å²) < 4.78 is 21.1. The van der Waals surface area contributed by atoms with Crippen LogP contribution < -0.4 is 5.32 Å². The third-order valence-corrected chi connectivity index (χ3v) is 8.91. The van der Waals surface area contributed by atoms with Crippen molar-refractivity contribution in [3.8, 4) is 0 Å². The van der Waals surface area contributed by atoms with Crippen molar-refractivity contribution in [2.45, 2.75) is 56.2 Å². The van der Waals surface area contributed by atoms with Crippen molar-refractivity contribution in [3.05, 3.63) is 82.1 Å². The maximum absolute atomic E-state index is 13.7. The lowest BCUT2D eigenvalue weighted by molar-refractivity contribution is -0.115. The number of amides is 1. The number of thiophene rings is 1. The molecule has 0 spiro atoms. The van der Waals surface area contributed by atoms with Crippen molar-refractivity contribution in [1.82, 2.24) is 4.57 Å². The molecule has 0 aliphatic heterocycles. The quantitative estimate of drug-likeness (QED) is 0.193. The maximum Gasteiger partial charge on any atom is 0.341 e. The van der Waals surface area contributed by atoms with Crippen LogP contribution >= 0.6 is 23.1 Å². The number of carbonyl (C=O) groups excluding carboxylic acids is 2. The van der Waals surface area contributed by atoms with Crippen LogP contribution in [-0.2, 0) is 28.9 Å². The molecule has 0 saturated heterocycles. The second kappa shape index (κ2) is 11.1. The Morgan fingerprint density at radius 2 is 1.97 bits per heavy atom. The zero-order valence-corrected chi connectivity index (χ0v) is 22.5. The highest BCUT2D eigenvalue weighted by Crippen LogP contribution is 2.39. The molecule has 5 nitrogen and oxygen atoms in total. The van der Waals surface area contributed by atoms with Crippen LogP contribution in [0.4, 0.5) is 9.39 Å². The number of para-hydroxylation sites is 1. The van der Waals surface area contributed by atoms with E-state index in [1.807, 2.05) is 43.5 Å². The summed E-state index contributed by atoms with van der Waals surface area (Å²) in [4.78, 5) is 28.2. The summed E-state index contributed by atoms with van der Waals surface area (Å²) >= 11 is 2.98. The van der Waals surface area contributed by atoms with E-state index in [1.54, 1.807) is 19.1 Å². The van der Waals surface area contributed by atoms with E-state index in [9.17, 15) is 14.0 Å². The molecule has 0 fully saturated rings. The highest BCUT2D eigenvalue weighted by molar-refractivity contribution is 8.00. The van der Waals surface area contributed by atoms with Crippen LogP contribution in [0.2, 0.25) is 0 Å². The number of nitrogens with one attached hydrogen (secondary N) is 1. The molecular weight excluding hydrogens is 507 g/mol. The molecule has 1 amide bonds. The number of anilines is 1. The van der Waals surface area contributed by atoms with Crippen molar-refractivity contribution in [2.75, 3.05) is 11.9 Å². The molecule has 192 valence electrons. The Bertz CT molecular complexity index is 1460. The highest BCUT2D eigenvalue weighted by atomic mass is 32.2. The molecule has 1 unspecified atom stereocenters. The van der Waals surface area contributed by atoms with Crippen LogP contribution in [0.15, 0.2) is 59.6 Å². The molecule has 1 aliphatic rings. The first-order valence-corrected chi connectivity index (χ1v) is 14.3. The van der Waals surface area contributed by atoms with Crippen LogP contribution in [0.5, 0.6) is 0 Å². The van der Waals surface area contributed by atoms with Crippen LogP contribution in [0.3, 0.4) is 0 Å². The van der Waals surface area contributed by atoms with Crippen LogP contribution in [0.1, 0.15) is 53.1 Å². The largest absolute Gasteiger partial charge is 0.462 e. The van der Waals surface area contributed by atoms with Gasteiger partial charge in [0.2, 0.25) is 5.91 Å². The maximum atomic E-state index is 13.7. The fourth-order valence-electron chi connectivity index (χ4n) is 4.80. The molecule has 37 heavy (non-hydrogen) atoms. The van der Waals surface area contributed by atoms with E-state index in [4.69, 9.17) is 4.74 Å². The molecule has 5 rings (SSSR count). The molecule has 4 aromatic rings. The number of aromatic nitrogens is 1. The van der Waals surface area contributed by atoms with Gasteiger partial charge in [0.15, 0.2) is 0 Å². The van der Waals surface area contributed by atoms with Gasteiger partial charge in [-0.2, -0.15) is 0 Å². The third kappa shape index (κ3) is 5.45. The summed E-state index contributed by atoms with van der Waals surface area (Å²) in [6, 6.07) is 14.6. The zero-order chi connectivity index (χ0) is 25.9. The second-order valence-electron chi connectivity index (χ2n) is 9.15. The number of nitrogens with zero attached hydrogens (tertiary/aromatic N) is 1. The Morgan fingerprint density at radius 3 is 2.78 bits per heavy atom. The Balaban J connectivity index is 1.37. The molecule has 0 bridgehead atoms. The highest BCUT2D eigenvalue weighted by Gasteiger charge is 2.28. The van der Waals surface area contributed by atoms with Crippen molar-refractivity contribution in [3.63, 3.8) is 0 Å². The molecule has 0 radical (unpaired) electrons. The number of esters is 1. The Morgan fingerprint density at radius 1 is 1.16 bits per heavy atom. The fourth-order valence-corrected chi connectivity index (χ4v) is 7.12. The van der Waals surface area contributed by atoms with Gasteiger partial charge < -0.3 is 14.6 Å². The van der Waals surface area contributed by atoms with Crippen LogP contribution in [0, 0.1) is 5.82 Å². The normalized spacial score (nSPS) is 13.8. The number of hydrogen-bond donors (Lipinski definition) is 1. The smallest absolute Gasteiger partial charge is 0.341 e. The average Bonchev–Trinajstić information content (AvgIpc) is 3.42. The minimum Gasteiger partial charge on any atom is -0.462 e. The Labute approximate surface area is 224 Å². The van der Waals surface area contributed by atoms with E-state index in [0.717, 1.165) is 52.6 Å². The van der Waals surface area contributed by atoms with Gasteiger partial charge in [0, 0.05) is 33.4 Å². The van der Waals surface area contributed by atoms with Gasteiger partial charge in [-0.15, -0.1) is 23.1 Å². The predicted octanol–water partition coefficient (Wildman–Crippen LogP) is 7.07. The minimum absolute atomic E-state index is 0.156. The summed E-state index contributed by atoms with van der Waals surface area (Å²) in [7, 11) is 0. The monoisotopic (exact) mass is 536 g/mol. The number of fused-ring (bicyclic) bond motifs is 2. The summed E-state index contributed by atoms with van der Waals surface area (Å²) in [5.74, 6) is -0.777. The zero-order valence-electron chi connectivity index (χ0n) is 20.9. The van der Waals surface area contributed by atoms with Gasteiger partial charge in [-0.25, -0.2) is 9.18 Å². The molecule has 2 aromatic carbocycles. The van der Waals surface area contributed by atoms with Gasteiger partial charge in [-0.1, -0.05) is 30.3 Å². The molecule has 1 aliphatic carbocycles. The first-order chi connectivity index (χ1) is 17.9. The molecule has 1 atom stereocenters. The molecule has 2 heterocycles. The van der Waals surface area contributed by atoms with Gasteiger partial charge in [0.05, 0.1) is 17.4 Å².